The van der Waals surface area contributed by atoms with Gasteiger partial charge in [0.1, 0.15) is 0 Å². The molecule has 2 N–H and O–H groups in total. The van der Waals surface area contributed by atoms with E-state index >= 15 is 0 Å². The van der Waals surface area contributed by atoms with Crippen LogP contribution in [0.1, 0.15) is 0 Å². The second-order valence-corrected chi connectivity index (χ2v) is 4.55. The predicted octanol–water partition coefficient (Wildman–Crippen LogP) is 2.56. The van der Waals surface area contributed by atoms with Gasteiger partial charge < -0.3 is 10.5 Å². The summed E-state index contributed by atoms with van der Waals surface area (Å²) in [6.45, 7) is 0.747. The zero-order valence-electron chi connectivity index (χ0n) is 9.14. The maximum Gasteiger partial charge on any atom is 0.0556 e. The molecule has 0 aliphatic rings. The summed E-state index contributed by atoms with van der Waals surface area (Å²) in [6.07, 6.45) is 3.63. The number of hydrogen-bond acceptors (Lipinski definition) is 4. The van der Waals surface area contributed by atoms with Crippen LogP contribution >= 0.6 is 11.8 Å². The van der Waals surface area contributed by atoms with E-state index in [9.17, 15) is 0 Å². The van der Waals surface area contributed by atoms with Gasteiger partial charge in [0.2, 0.25) is 0 Å². The third-order valence-electron chi connectivity index (χ3n) is 2.36. The van der Waals surface area contributed by atoms with Gasteiger partial charge in [-0.3, -0.25) is 4.98 Å². The Morgan fingerprint density at radius 2 is 2.19 bits per heavy atom. The number of methoxy groups -OCH3 is 1. The highest BCUT2D eigenvalue weighted by molar-refractivity contribution is 7.99. The highest BCUT2D eigenvalue weighted by atomic mass is 32.2. The summed E-state index contributed by atoms with van der Waals surface area (Å²) >= 11 is 1.76. The van der Waals surface area contributed by atoms with Gasteiger partial charge in [-0.25, -0.2) is 0 Å². The average Bonchev–Trinajstić information content (AvgIpc) is 2.33. The second kappa shape index (κ2) is 5.18. The molecule has 0 amide bonds. The van der Waals surface area contributed by atoms with E-state index in [2.05, 4.69) is 4.98 Å². The van der Waals surface area contributed by atoms with Crippen molar-refractivity contribution in [2.45, 2.75) is 4.90 Å². The number of ether oxygens (including phenoxy) is 1. The molecule has 16 heavy (non-hydrogen) atoms. The van der Waals surface area contributed by atoms with Crippen LogP contribution in [-0.2, 0) is 4.74 Å². The van der Waals surface area contributed by atoms with E-state index in [1.807, 2.05) is 24.4 Å². The summed E-state index contributed by atoms with van der Waals surface area (Å²) in [5.41, 5.74) is 6.72. The Labute approximate surface area is 99.0 Å². The van der Waals surface area contributed by atoms with Crippen LogP contribution in [0.25, 0.3) is 10.8 Å². The summed E-state index contributed by atoms with van der Waals surface area (Å²) in [5.74, 6) is 0.935. The minimum atomic E-state index is 0.747. The standard InChI is InChI=1S/C12H14N2OS/c1-15-6-7-16-12-3-2-11(13)9-4-5-14-8-10(9)12/h2-5,8H,6-7,13H2,1H3. The van der Waals surface area contributed by atoms with Crippen LogP contribution in [0, 0.1) is 0 Å². The lowest BCUT2D eigenvalue weighted by Crippen LogP contribution is -1.93. The monoisotopic (exact) mass is 234 g/mol. The number of nitrogens with zero attached hydrogens (tertiary/aromatic N) is 1. The molecule has 1 aromatic carbocycles. The fourth-order valence-corrected chi connectivity index (χ4v) is 2.50. The number of anilines is 1. The number of hydrogen-bond donors (Lipinski definition) is 1. The molecular formula is C12H14N2OS. The third kappa shape index (κ3) is 2.28. The van der Waals surface area contributed by atoms with E-state index in [4.69, 9.17) is 10.5 Å². The van der Waals surface area contributed by atoms with Gasteiger partial charge in [0.15, 0.2) is 0 Å². The van der Waals surface area contributed by atoms with Crippen molar-refractivity contribution < 1.29 is 4.74 Å². The number of aromatic nitrogens is 1. The summed E-state index contributed by atoms with van der Waals surface area (Å²) in [7, 11) is 1.71. The number of fused-ring (bicyclic) bond motifs is 1. The lowest BCUT2D eigenvalue weighted by molar-refractivity contribution is 0.218. The van der Waals surface area contributed by atoms with Crippen LogP contribution in [-0.4, -0.2) is 24.5 Å². The highest BCUT2D eigenvalue weighted by Crippen LogP contribution is 2.30. The molecule has 84 valence electrons. The number of thioether (sulfide) groups is 1. The van der Waals surface area contributed by atoms with E-state index < -0.39 is 0 Å². The minimum Gasteiger partial charge on any atom is -0.398 e. The SMILES string of the molecule is COCCSc1ccc(N)c2ccncc12. The van der Waals surface area contributed by atoms with Gasteiger partial charge in [0.05, 0.1) is 6.61 Å². The van der Waals surface area contributed by atoms with Crippen molar-refractivity contribution >= 4 is 28.2 Å². The summed E-state index contributed by atoms with van der Waals surface area (Å²) < 4.78 is 5.04. The van der Waals surface area contributed by atoms with Gasteiger partial charge in [-0.05, 0) is 18.2 Å². The van der Waals surface area contributed by atoms with Crippen molar-refractivity contribution in [2.24, 2.45) is 0 Å². The smallest absolute Gasteiger partial charge is 0.0556 e. The van der Waals surface area contributed by atoms with Crippen LogP contribution in [0.4, 0.5) is 5.69 Å². The Hall–Kier alpha value is -1.26. The highest BCUT2D eigenvalue weighted by Gasteiger charge is 2.04. The van der Waals surface area contributed by atoms with E-state index in [0.29, 0.717) is 0 Å². The molecule has 1 heterocycles. The molecule has 3 nitrogen and oxygen atoms in total. The molecule has 0 aliphatic heterocycles. The summed E-state index contributed by atoms with van der Waals surface area (Å²) in [6, 6.07) is 5.93. The normalized spacial score (nSPS) is 10.8. The molecule has 0 saturated heterocycles. The number of nitrogen functional groups attached to an aromatic ring is 1. The molecule has 0 bridgehead atoms. The van der Waals surface area contributed by atoms with E-state index in [0.717, 1.165) is 28.8 Å². The number of rotatable bonds is 4. The zero-order valence-corrected chi connectivity index (χ0v) is 9.96. The predicted molar refractivity (Wildman–Crippen MR) is 68.8 cm³/mol. The Balaban J connectivity index is 2.35. The second-order valence-electron chi connectivity index (χ2n) is 3.42. The van der Waals surface area contributed by atoms with Crippen LogP contribution in [0.5, 0.6) is 0 Å². The van der Waals surface area contributed by atoms with Gasteiger partial charge in [-0.15, -0.1) is 11.8 Å². The van der Waals surface area contributed by atoms with E-state index in [-0.39, 0.29) is 0 Å². The molecule has 0 saturated carbocycles. The molecule has 0 spiro atoms. The van der Waals surface area contributed by atoms with Gasteiger partial charge >= 0.3 is 0 Å². The molecule has 0 aliphatic carbocycles. The quantitative estimate of drug-likeness (QED) is 0.502. The molecule has 2 rings (SSSR count). The first-order valence-corrected chi connectivity index (χ1v) is 6.05. The van der Waals surface area contributed by atoms with Gasteiger partial charge in [0.25, 0.3) is 0 Å². The first-order valence-electron chi connectivity index (χ1n) is 5.07. The molecule has 0 unspecified atom stereocenters. The Bertz CT molecular complexity index is 487. The number of pyridine rings is 1. The molecular weight excluding hydrogens is 220 g/mol. The van der Waals surface area contributed by atoms with Crippen molar-refractivity contribution in [3.63, 3.8) is 0 Å². The fourth-order valence-electron chi connectivity index (χ4n) is 1.55. The average molecular weight is 234 g/mol. The Morgan fingerprint density at radius 1 is 1.31 bits per heavy atom. The van der Waals surface area contributed by atoms with Crippen molar-refractivity contribution in [3.8, 4) is 0 Å². The van der Waals surface area contributed by atoms with Gasteiger partial charge in [-0.1, -0.05) is 0 Å². The van der Waals surface area contributed by atoms with Crippen molar-refractivity contribution in [2.75, 3.05) is 25.2 Å². The molecule has 0 atom stereocenters. The van der Waals surface area contributed by atoms with Crippen LogP contribution in [0.15, 0.2) is 35.5 Å². The molecule has 2 aromatic rings. The molecule has 1 aromatic heterocycles. The molecule has 0 radical (unpaired) electrons. The maximum absolute atomic E-state index is 5.92. The lowest BCUT2D eigenvalue weighted by atomic mass is 10.1. The van der Waals surface area contributed by atoms with E-state index in [1.54, 1.807) is 25.1 Å². The lowest BCUT2D eigenvalue weighted by Gasteiger charge is -2.07. The molecule has 4 heteroatoms. The topological polar surface area (TPSA) is 48.1 Å². The first-order chi connectivity index (χ1) is 7.83. The van der Waals surface area contributed by atoms with Gasteiger partial charge in [-0.2, -0.15) is 0 Å². The Morgan fingerprint density at radius 3 is 3.00 bits per heavy atom. The zero-order chi connectivity index (χ0) is 11.4. The third-order valence-corrected chi connectivity index (χ3v) is 3.39. The fraction of sp³-hybridized carbons (Fsp3) is 0.250. The minimum absolute atomic E-state index is 0.747. The maximum atomic E-state index is 5.92. The number of benzene rings is 1. The summed E-state index contributed by atoms with van der Waals surface area (Å²) in [4.78, 5) is 5.35. The van der Waals surface area contributed by atoms with E-state index in [1.165, 1.54) is 4.90 Å². The van der Waals surface area contributed by atoms with Crippen LogP contribution < -0.4 is 5.73 Å². The largest absolute Gasteiger partial charge is 0.398 e. The van der Waals surface area contributed by atoms with Crippen LogP contribution in [0.3, 0.4) is 0 Å². The van der Waals surface area contributed by atoms with Crippen LogP contribution in [0.2, 0.25) is 0 Å². The Kier molecular flexibility index (Phi) is 3.64. The summed E-state index contributed by atoms with van der Waals surface area (Å²) in [5, 5.41) is 2.18. The van der Waals surface area contributed by atoms with Crippen molar-refractivity contribution in [3.05, 3.63) is 30.6 Å². The first kappa shape index (κ1) is 11.2. The van der Waals surface area contributed by atoms with Crippen molar-refractivity contribution in [1.82, 2.24) is 4.98 Å². The van der Waals surface area contributed by atoms with Crippen molar-refractivity contribution in [1.29, 1.82) is 0 Å². The number of nitrogens with two attached hydrogens (primary N) is 1. The van der Waals surface area contributed by atoms with Gasteiger partial charge in [0, 0.05) is 46.6 Å². The molecule has 0 fully saturated rings.